The smallest absolute Gasteiger partial charge is 0.136 e. The summed E-state index contributed by atoms with van der Waals surface area (Å²) in [5.41, 5.74) is 1.75. The van der Waals surface area contributed by atoms with Gasteiger partial charge in [-0.2, -0.15) is 5.26 Å². The molecule has 0 bridgehead atoms. The third-order valence-electron chi connectivity index (χ3n) is 2.44. The van der Waals surface area contributed by atoms with Gasteiger partial charge in [0, 0.05) is 6.54 Å². The van der Waals surface area contributed by atoms with Gasteiger partial charge in [-0.05, 0) is 37.7 Å². The third-order valence-corrected chi connectivity index (χ3v) is 2.44. The van der Waals surface area contributed by atoms with Gasteiger partial charge in [-0.15, -0.1) is 0 Å². The molecule has 0 aliphatic carbocycles. The van der Waals surface area contributed by atoms with Gasteiger partial charge in [-0.1, -0.05) is 13.0 Å². The highest BCUT2D eigenvalue weighted by molar-refractivity contribution is 5.45. The molecule has 0 saturated carbocycles. The number of nitriles is 1. The molecule has 3 heteroatoms. The zero-order valence-electron chi connectivity index (χ0n) is 10.2. The summed E-state index contributed by atoms with van der Waals surface area (Å²) in [6, 6.07) is 7.90. The van der Waals surface area contributed by atoms with Crippen molar-refractivity contribution in [3.05, 3.63) is 29.3 Å². The largest absolute Gasteiger partial charge is 0.495 e. The molecule has 0 aliphatic rings. The first-order valence-electron chi connectivity index (χ1n) is 5.46. The molecule has 0 heterocycles. The van der Waals surface area contributed by atoms with Crippen LogP contribution in [-0.4, -0.2) is 25.6 Å². The van der Waals surface area contributed by atoms with E-state index in [9.17, 15) is 0 Å². The van der Waals surface area contributed by atoms with E-state index in [1.807, 2.05) is 18.2 Å². The van der Waals surface area contributed by atoms with Gasteiger partial charge in [0.05, 0.1) is 12.7 Å². The summed E-state index contributed by atoms with van der Waals surface area (Å²) in [6.45, 7) is 4.09. The van der Waals surface area contributed by atoms with Crippen LogP contribution in [0, 0.1) is 11.3 Å². The van der Waals surface area contributed by atoms with Crippen LogP contribution in [0.15, 0.2) is 18.2 Å². The number of hydrogen-bond donors (Lipinski definition) is 0. The number of ether oxygens (including phenoxy) is 1. The summed E-state index contributed by atoms with van der Waals surface area (Å²) < 4.78 is 5.11. The second kappa shape index (κ2) is 6.14. The van der Waals surface area contributed by atoms with Gasteiger partial charge in [-0.3, -0.25) is 0 Å². The number of benzene rings is 1. The van der Waals surface area contributed by atoms with E-state index in [2.05, 4.69) is 24.9 Å². The van der Waals surface area contributed by atoms with E-state index in [1.54, 1.807) is 7.11 Å². The van der Waals surface area contributed by atoms with E-state index in [4.69, 9.17) is 10.00 Å². The second-order valence-electron chi connectivity index (χ2n) is 3.88. The van der Waals surface area contributed by atoms with Gasteiger partial charge in [-0.25, -0.2) is 0 Å². The number of nitrogens with zero attached hydrogens (tertiary/aromatic N) is 2. The molecule has 3 nitrogen and oxygen atoms in total. The van der Waals surface area contributed by atoms with Crippen molar-refractivity contribution in [1.29, 1.82) is 5.26 Å². The summed E-state index contributed by atoms with van der Waals surface area (Å²) in [5, 5.41) is 8.97. The molecule has 0 N–H and O–H groups in total. The van der Waals surface area contributed by atoms with Crippen molar-refractivity contribution in [2.75, 3.05) is 20.7 Å². The predicted octanol–water partition coefficient (Wildman–Crippen LogP) is 2.41. The van der Waals surface area contributed by atoms with E-state index >= 15 is 0 Å². The minimum atomic E-state index is 0.602. The van der Waals surface area contributed by atoms with E-state index in [0.717, 1.165) is 25.1 Å². The SMILES string of the molecule is CCCN(C)Cc1ccc(OC)c(C#N)c1. The fourth-order valence-corrected chi connectivity index (χ4v) is 1.71. The van der Waals surface area contributed by atoms with Crippen molar-refractivity contribution in [3.63, 3.8) is 0 Å². The van der Waals surface area contributed by atoms with Gasteiger partial charge >= 0.3 is 0 Å². The quantitative estimate of drug-likeness (QED) is 0.761. The van der Waals surface area contributed by atoms with Crippen molar-refractivity contribution < 1.29 is 4.74 Å². The third kappa shape index (κ3) is 3.25. The van der Waals surface area contributed by atoms with Gasteiger partial charge in [0.2, 0.25) is 0 Å². The lowest BCUT2D eigenvalue weighted by atomic mass is 10.1. The maximum atomic E-state index is 8.97. The Bertz CT molecular complexity index is 382. The first-order chi connectivity index (χ1) is 7.71. The number of rotatable bonds is 5. The lowest BCUT2D eigenvalue weighted by Gasteiger charge is -2.15. The number of methoxy groups -OCH3 is 1. The summed E-state index contributed by atoms with van der Waals surface area (Å²) in [5.74, 6) is 0.643. The van der Waals surface area contributed by atoms with Gasteiger partial charge in [0.15, 0.2) is 0 Å². The minimum Gasteiger partial charge on any atom is -0.495 e. The molecule has 1 rings (SSSR count). The molecule has 0 spiro atoms. The van der Waals surface area contributed by atoms with Crippen LogP contribution in [0.25, 0.3) is 0 Å². The molecule has 1 aromatic rings. The van der Waals surface area contributed by atoms with Crippen molar-refractivity contribution in [1.82, 2.24) is 4.90 Å². The molecular weight excluding hydrogens is 200 g/mol. The van der Waals surface area contributed by atoms with Crippen LogP contribution < -0.4 is 4.74 Å². The standard InChI is InChI=1S/C13H18N2O/c1-4-7-15(2)10-11-5-6-13(16-3)12(8-11)9-14/h5-6,8H,4,7,10H2,1-3H3. The van der Waals surface area contributed by atoms with E-state index in [1.165, 1.54) is 0 Å². The fourth-order valence-electron chi connectivity index (χ4n) is 1.71. The molecule has 0 atom stereocenters. The van der Waals surface area contributed by atoms with Gasteiger partial charge in [0.1, 0.15) is 11.8 Å². The zero-order valence-corrected chi connectivity index (χ0v) is 10.2. The molecule has 0 saturated heterocycles. The van der Waals surface area contributed by atoms with Crippen LogP contribution in [-0.2, 0) is 6.54 Å². The Morgan fingerprint density at radius 3 is 2.75 bits per heavy atom. The monoisotopic (exact) mass is 218 g/mol. The lowest BCUT2D eigenvalue weighted by Crippen LogP contribution is -2.18. The fraction of sp³-hybridized carbons (Fsp3) is 0.462. The average molecular weight is 218 g/mol. The summed E-state index contributed by atoms with van der Waals surface area (Å²) in [6.07, 6.45) is 1.14. The Morgan fingerprint density at radius 2 is 2.19 bits per heavy atom. The molecule has 0 amide bonds. The minimum absolute atomic E-state index is 0.602. The lowest BCUT2D eigenvalue weighted by molar-refractivity contribution is 0.327. The van der Waals surface area contributed by atoms with E-state index < -0.39 is 0 Å². The highest BCUT2D eigenvalue weighted by atomic mass is 16.5. The molecule has 0 unspecified atom stereocenters. The highest BCUT2D eigenvalue weighted by Crippen LogP contribution is 2.19. The first kappa shape index (κ1) is 12.5. The molecule has 0 fully saturated rings. The molecule has 0 aliphatic heterocycles. The molecular formula is C13H18N2O. The molecule has 16 heavy (non-hydrogen) atoms. The highest BCUT2D eigenvalue weighted by Gasteiger charge is 2.05. The van der Waals surface area contributed by atoms with Gasteiger partial charge < -0.3 is 9.64 Å². The van der Waals surface area contributed by atoms with Crippen LogP contribution in [0.1, 0.15) is 24.5 Å². The summed E-state index contributed by atoms with van der Waals surface area (Å²) in [4.78, 5) is 2.24. The van der Waals surface area contributed by atoms with Gasteiger partial charge in [0.25, 0.3) is 0 Å². The van der Waals surface area contributed by atoms with E-state index in [0.29, 0.717) is 11.3 Å². The van der Waals surface area contributed by atoms with Crippen LogP contribution in [0.2, 0.25) is 0 Å². The molecule has 86 valence electrons. The van der Waals surface area contributed by atoms with Crippen LogP contribution >= 0.6 is 0 Å². The molecule has 0 radical (unpaired) electrons. The molecule has 1 aromatic carbocycles. The second-order valence-corrected chi connectivity index (χ2v) is 3.88. The maximum Gasteiger partial charge on any atom is 0.136 e. The number of hydrogen-bond acceptors (Lipinski definition) is 3. The predicted molar refractivity (Wildman–Crippen MR) is 64.3 cm³/mol. The molecule has 0 aromatic heterocycles. The average Bonchev–Trinajstić information content (AvgIpc) is 2.29. The van der Waals surface area contributed by atoms with Crippen molar-refractivity contribution in [2.45, 2.75) is 19.9 Å². The Labute approximate surface area is 97.3 Å². The normalized spacial score (nSPS) is 10.2. The zero-order chi connectivity index (χ0) is 12.0. The van der Waals surface area contributed by atoms with Crippen molar-refractivity contribution in [2.24, 2.45) is 0 Å². The Morgan fingerprint density at radius 1 is 1.44 bits per heavy atom. The van der Waals surface area contributed by atoms with Crippen molar-refractivity contribution in [3.8, 4) is 11.8 Å². The Kier molecular flexibility index (Phi) is 4.81. The maximum absolute atomic E-state index is 8.97. The first-order valence-corrected chi connectivity index (χ1v) is 5.46. The van der Waals surface area contributed by atoms with Crippen LogP contribution in [0.3, 0.4) is 0 Å². The van der Waals surface area contributed by atoms with E-state index in [-0.39, 0.29) is 0 Å². The summed E-state index contributed by atoms with van der Waals surface area (Å²) in [7, 11) is 3.67. The summed E-state index contributed by atoms with van der Waals surface area (Å²) >= 11 is 0. The van der Waals surface area contributed by atoms with Crippen LogP contribution in [0.5, 0.6) is 5.75 Å². The Balaban J connectivity index is 2.80. The van der Waals surface area contributed by atoms with Crippen LogP contribution in [0.4, 0.5) is 0 Å². The Hall–Kier alpha value is -1.53. The topological polar surface area (TPSA) is 36.3 Å². The van der Waals surface area contributed by atoms with Crippen molar-refractivity contribution >= 4 is 0 Å².